The molecule has 0 bridgehead atoms. The molecule has 0 saturated heterocycles. The molecule has 2 heteroatoms. The number of ketones is 1. The van der Waals surface area contributed by atoms with Crippen LogP contribution in [0, 0.1) is 0 Å². The Bertz CT molecular complexity index is 75.6. The van der Waals surface area contributed by atoms with Crippen LogP contribution in [0.25, 0.3) is 0 Å². The average molecular weight is 85.1 g/mol. The quantitative estimate of drug-likeness (QED) is 0.457. The van der Waals surface area contributed by atoms with Crippen LogP contribution in [0.5, 0.6) is 0 Å². The van der Waals surface area contributed by atoms with Gasteiger partial charge in [-0.3, -0.25) is 4.79 Å². The third kappa shape index (κ3) is 3.21. The van der Waals surface area contributed by atoms with Crippen LogP contribution in [-0.4, -0.2) is 5.78 Å². The number of nitrogens with two attached hydrogens (primary N) is 1. The van der Waals surface area contributed by atoms with E-state index < -0.39 is 0 Å². The van der Waals surface area contributed by atoms with Gasteiger partial charge in [-0.25, -0.2) is 0 Å². The van der Waals surface area contributed by atoms with E-state index in [2.05, 4.69) is 0 Å². The lowest BCUT2D eigenvalue weighted by Gasteiger charge is -1.68. The molecular weight excluding hydrogens is 78.0 g/mol. The van der Waals surface area contributed by atoms with Crippen molar-refractivity contribution >= 4 is 5.78 Å². The van der Waals surface area contributed by atoms with E-state index in [9.17, 15) is 4.79 Å². The van der Waals surface area contributed by atoms with Gasteiger partial charge in [0.25, 0.3) is 0 Å². The molecule has 0 heterocycles. The minimum absolute atomic E-state index is 0.0162. The van der Waals surface area contributed by atoms with Gasteiger partial charge in [-0.05, 0) is 19.2 Å². The highest BCUT2D eigenvalue weighted by atomic mass is 16.1. The molecule has 34 valence electrons. The number of carbonyl (C=O) groups is 1. The molecule has 0 amide bonds. The van der Waals surface area contributed by atoms with Crippen LogP contribution in [0.2, 0.25) is 0 Å². The number of rotatable bonds is 1. The summed E-state index contributed by atoms with van der Waals surface area (Å²) in [6, 6.07) is 0. The molecule has 2 N–H and O–H groups in total. The van der Waals surface area contributed by atoms with Gasteiger partial charge in [-0.1, -0.05) is 0 Å². The van der Waals surface area contributed by atoms with Gasteiger partial charge in [0.1, 0.15) is 0 Å². The molecule has 0 aliphatic heterocycles. The Labute approximate surface area is 36.6 Å². The first kappa shape index (κ1) is 5.21. The molecule has 0 aromatic heterocycles. The third-order valence-electron chi connectivity index (χ3n) is 0.331. The second kappa shape index (κ2) is 2.45. The molecule has 0 radical (unpaired) electrons. The maximum atomic E-state index is 9.88. The van der Waals surface area contributed by atoms with E-state index in [-0.39, 0.29) is 5.78 Å². The second-order valence-electron chi connectivity index (χ2n) is 0.970. The Kier molecular flexibility index (Phi) is 2.13. The number of hydrogen-bond donors (Lipinski definition) is 1. The van der Waals surface area contributed by atoms with Gasteiger partial charge in [0.05, 0.1) is 0 Å². The zero-order chi connectivity index (χ0) is 4.99. The van der Waals surface area contributed by atoms with E-state index in [0.29, 0.717) is 0 Å². The summed E-state index contributed by atoms with van der Waals surface area (Å²) in [6.07, 6.45) is 2.53. The molecule has 0 spiro atoms. The van der Waals surface area contributed by atoms with Crippen LogP contribution in [0.15, 0.2) is 12.3 Å². The van der Waals surface area contributed by atoms with Gasteiger partial charge in [0.15, 0.2) is 5.78 Å². The largest absolute Gasteiger partial charge is 0.404 e. The Morgan fingerprint density at radius 3 is 2.33 bits per heavy atom. The summed E-state index contributed by atoms with van der Waals surface area (Å²) < 4.78 is 0. The molecule has 0 aromatic carbocycles. The van der Waals surface area contributed by atoms with Crippen molar-refractivity contribution in [1.29, 1.82) is 0 Å². The first-order valence-corrected chi connectivity index (χ1v) is 1.66. The van der Waals surface area contributed by atoms with Gasteiger partial charge in [-0.15, -0.1) is 0 Å². The number of allylic oxidation sites excluding steroid dienone is 1. The fraction of sp³-hybridized carbons (Fsp3) is 0.250. The Morgan fingerprint density at radius 2 is 2.33 bits per heavy atom. The van der Waals surface area contributed by atoms with Crippen molar-refractivity contribution in [2.24, 2.45) is 5.73 Å². The van der Waals surface area contributed by atoms with Crippen LogP contribution < -0.4 is 5.73 Å². The van der Waals surface area contributed by atoms with E-state index >= 15 is 0 Å². The van der Waals surface area contributed by atoms with Gasteiger partial charge < -0.3 is 5.73 Å². The summed E-state index contributed by atoms with van der Waals surface area (Å²) >= 11 is 0. The van der Waals surface area contributed by atoms with Crippen molar-refractivity contribution in [3.63, 3.8) is 0 Å². The molecule has 0 unspecified atom stereocenters. The van der Waals surface area contributed by atoms with Gasteiger partial charge in [0, 0.05) is 0 Å². The van der Waals surface area contributed by atoms with Crippen LogP contribution in [-0.2, 0) is 4.79 Å². The monoisotopic (exact) mass is 85.1 g/mol. The molecule has 6 heavy (non-hydrogen) atoms. The second-order valence-corrected chi connectivity index (χ2v) is 0.970. The lowest BCUT2D eigenvalue weighted by atomic mass is 10.4. The predicted octanol–water partition coefficient (Wildman–Crippen LogP) is 0.0478. The minimum atomic E-state index is -0.0162. The first-order chi connectivity index (χ1) is 2.77. The number of carbonyl (C=O) groups excluding carboxylic acids is 1. The molecule has 0 rings (SSSR count). The topological polar surface area (TPSA) is 43.1 Å². The summed E-state index contributed by atoms with van der Waals surface area (Å²) in [5.41, 5.74) is 4.83. The lowest BCUT2D eigenvalue weighted by Crippen LogP contribution is -1.83. The fourth-order valence-electron chi connectivity index (χ4n) is 0.136. The van der Waals surface area contributed by atoms with Gasteiger partial charge >= 0.3 is 0 Å². The van der Waals surface area contributed by atoms with Crippen molar-refractivity contribution in [1.82, 2.24) is 0 Å². The van der Waals surface area contributed by atoms with Crippen LogP contribution in [0.4, 0.5) is 0 Å². The fourth-order valence-corrected chi connectivity index (χ4v) is 0.136. The molecule has 0 fully saturated rings. The molecule has 0 aliphatic carbocycles. The van der Waals surface area contributed by atoms with Gasteiger partial charge in [-0.2, -0.15) is 0 Å². The van der Waals surface area contributed by atoms with E-state index in [0.717, 1.165) is 0 Å². The summed E-state index contributed by atoms with van der Waals surface area (Å²) in [6.45, 7) is 1.45. The Morgan fingerprint density at radius 1 is 1.83 bits per heavy atom. The molecule has 2 nitrogen and oxygen atoms in total. The standard InChI is InChI=1S/C4H7NO/c1-4(6)2-3-5/h2-3H,5H2,1H3. The average Bonchev–Trinajstić information content (AvgIpc) is 1.35. The smallest absolute Gasteiger partial charge is 0.154 e. The lowest BCUT2D eigenvalue weighted by molar-refractivity contribution is -0.112. The summed E-state index contributed by atoms with van der Waals surface area (Å²) in [5, 5.41) is 0. The van der Waals surface area contributed by atoms with Crippen molar-refractivity contribution in [3.05, 3.63) is 12.3 Å². The van der Waals surface area contributed by atoms with E-state index in [1.54, 1.807) is 0 Å². The van der Waals surface area contributed by atoms with Crippen molar-refractivity contribution in [2.45, 2.75) is 6.92 Å². The Hall–Kier alpha value is -0.790. The maximum Gasteiger partial charge on any atom is 0.154 e. The third-order valence-corrected chi connectivity index (χ3v) is 0.331. The van der Waals surface area contributed by atoms with Crippen molar-refractivity contribution in [3.8, 4) is 0 Å². The molecular formula is C4H7NO. The minimum Gasteiger partial charge on any atom is -0.404 e. The van der Waals surface area contributed by atoms with E-state index in [1.807, 2.05) is 0 Å². The Balaban J connectivity index is 3.30. The van der Waals surface area contributed by atoms with Crippen LogP contribution in [0.3, 0.4) is 0 Å². The molecule has 0 aromatic rings. The van der Waals surface area contributed by atoms with E-state index in [4.69, 9.17) is 5.73 Å². The molecule has 0 saturated carbocycles. The summed E-state index contributed by atoms with van der Waals surface area (Å²) in [4.78, 5) is 9.88. The SMILES string of the molecule is CC(=O)C=CN. The summed E-state index contributed by atoms with van der Waals surface area (Å²) in [5.74, 6) is -0.0162. The molecule has 0 aliphatic rings. The highest BCUT2D eigenvalue weighted by Gasteiger charge is 1.73. The zero-order valence-electron chi connectivity index (χ0n) is 3.64. The zero-order valence-corrected chi connectivity index (χ0v) is 3.64. The van der Waals surface area contributed by atoms with Crippen LogP contribution in [0.1, 0.15) is 6.92 Å². The van der Waals surface area contributed by atoms with E-state index in [1.165, 1.54) is 19.2 Å². The maximum absolute atomic E-state index is 9.88. The first-order valence-electron chi connectivity index (χ1n) is 1.66. The highest BCUT2D eigenvalue weighted by molar-refractivity contribution is 5.86. The number of hydrogen-bond acceptors (Lipinski definition) is 2. The summed E-state index contributed by atoms with van der Waals surface area (Å²) in [7, 11) is 0. The molecule has 0 atom stereocenters. The van der Waals surface area contributed by atoms with Crippen molar-refractivity contribution < 1.29 is 4.79 Å². The normalized spacial score (nSPS) is 9.50. The van der Waals surface area contributed by atoms with Crippen molar-refractivity contribution in [2.75, 3.05) is 0 Å². The highest BCUT2D eigenvalue weighted by Crippen LogP contribution is 1.64. The van der Waals surface area contributed by atoms with Gasteiger partial charge in [0.2, 0.25) is 0 Å². The predicted molar refractivity (Wildman–Crippen MR) is 24.0 cm³/mol. The van der Waals surface area contributed by atoms with Crippen LogP contribution >= 0.6 is 0 Å².